The molecule has 1 fully saturated rings. The van der Waals surface area contributed by atoms with Gasteiger partial charge in [-0.3, -0.25) is 9.67 Å². The lowest BCUT2D eigenvalue weighted by atomic mass is 10.5. The lowest BCUT2D eigenvalue weighted by Gasteiger charge is -2.26. The molecule has 2 rings (SSSR count). The van der Waals surface area contributed by atoms with Gasteiger partial charge in [-0.05, 0) is 0 Å². The topological polar surface area (TPSA) is 95.7 Å². The Balaban J connectivity index is 1.83. The zero-order valence-corrected chi connectivity index (χ0v) is 16.0. The quantitative estimate of drug-likeness (QED) is 0.514. The zero-order chi connectivity index (χ0) is 17.6. The molecule has 9 nitrogen and oxygen atoms in total. The minimum absolute atomic E-state index is 0.0640. The number of hydrogen-bond acceptors (Lipinski definition) is 6. The van der Waals surface area contributed by atoms with Gasteiger partial charge in [0.1, 0.15) is 12.2 Å². The summed E-state index contributed by atoms with van der Waals surface area (Å²) in [4.78, 5) is 10.3. The Hall–Kier alpha value is -1.33. The van der Waals surface area contributed by atoms with Gasteiger partial charge in [0.15, 0.2) is 5.96 Å². The van der Waals surface area contributed by atoms with E-state index in [4.69, 9.17) is 0 Å². The van der Waals surface area contributed by atoms with Crippen LogP contribution in [0.4, 0.5) is 0 Å². The Labute approximate surface area is 147 Å². The number of aryl methyl sites for hydroxylation is 1. The first-order valence-corrected chi connectivity index (χ1v) is 10.5. The molecule has 0 unspecified atom stereocenters. The van der Waals surface area contributed by atoms with Crippen LogP contribution in [0, 0.1) is 0 Å². The fraction of sp³-hybridized carbons (Fsp3) is 0.769. The average molecular weight is 376 g/mol. The summed E-state index contributed by atoms with van der Waals surface area (Å²) >= 11 is 1.79. The maximum absolute atomic E-state index is 12.3. The van der Waals surface area contributed by atoms with Crippen molar-refractivity contribution >= 4 is 27.7 Å². The normalized spacial score (nSPS) is 17.0. The van der Waals surface area contributed by atoms with Gasteiger partial charge in [0.25, 0.3) is 0 Å². The van der Waals surface area contributed by atoms with E-state index in [-0.39, 0.29) is 5.75 Å². The summed E-state index contributed by atoms with van der Waals surface area (Å²) in [7, 11) is 2.17. The molecule has 0 aromatic carbocycles. The van der Waals surface area contributed by atoms with Gasteiger partial charge >= 0.3 is 0 Å². The first kappa shape index (κ1) is 19.0. The van der Waals surface area contributed by atoms with E-state index in [0.717, 1.165) is 17.3 Å². The molecule has 1 aliphatic heterocycles. The van der Waals surface area contributed by atoms with Crippen LogP contribution in [0.5, 0.6) is 0 Å². The molecule has 0 radical (unpaired) electrons. The van der Waals surface area contributed by atoms with Crippen molar-refractivity contribution in [2.75, 3.05) is 51.0 Å². The van der Waals surface area contributed by atoms with Gasteiger partial charge in [0, 0.05) is 52.3 Å². The third-order valence-electron chi connectivity index (χ3n) is 3.76. The van der Waals surface area contributed by atoms with E-state index >= 15 is 0 Å². The third kappa shape index (κ3) is 5.08. The highest BCUT2D eigenvalue weighted by molar-refractivity contribution is 7.99. The molecule has 1 aromatic heterocycles. The van der Waals surface area contributed by atoms with Gasteiger partial charge in [0.2, 0.25) is 10.0 Å². The second-order valence-corrected chi connectivity index (χ2v) is 8.77. The van der Waals surface area contributed by atoms with Crippen molar-refractivity contribution in [1.29, 1.82) is 0 Å². The number of nitrogens with one attached hydrogen (secondary N) is 1. The standard InChI is InChI=1S/C13H25N7O2S2/c1-14-13(18(2)10-12-16-11-17-19(12)3)15-4-9-24(21,22)20-5-7-23-8-6-20/h11H,4-10H2,1-3H3,(H,14,15). The second kappa shape index (κ2) is 8.67. The van der Waals surface area contributed by atoms with E-state index in [9.17, 15) is 8.42 Å². The number of aliphatic imine (C=N–C) groups is 1. The van der Waals surface area contributed by atoms with Crippen LogP contribution in [0.15, 0.2) is 11.3 Å². The number of rotatable bonds is 6. The number of hydrogen-bond donors (Lipinski definition) is 1. The maximum Gasteiger partial charge on any atom is 0.215 e. The molecule has 1 aromatic rings. The first-order valence-electron chi connectivity index (χ1n) is 7.74. The molecule has 0 aliphatic carbocycles. The van der Waals surface area contributed by atoms with Crippen LogP contribution in [0.3, 0.4) is 0 Å². The summed E-state index contributed by atoms with van der Waals surface area (Å²) in [6, 6.07) is 0. The van der Waals surface area contributed by atoms with Crippen molar-refractivity contribution in [2.24, 2.45) is 12.0 Å². The highest BCUT2D eigenvalue weighted by atomic mass is 32.2. The molecule has 2 heterocycles. The van der Waals surface area contributed by atoms with Gasteiger partial charge in [-0.15, -0.1) is 0 Å². The Morgan fingerprint density at radius 3 is 2.75 bits per heavy atom. The van der Waals surface area contributed by atoms with Crippen molar-refractivity contribution in [3.63, 3.8) is 0 Å². The molecule has 0 atom stereocenters. The number of thioether (sulfide) groups is 1. The van der Waals surface area contributed by atoms with E-state index in [0.29, 0.717) is 32.1 Å². The summed E-state index contributed by atoms with van der Waals surface area (Å²) < 4.78 is 27.9. The van der Waals surface area contributed by atoms with Crippen molar-refractivity contribution in [3.05, 3.63) is 12.2 Å². The predicted octanol–water partition coefficient (Wildman–Crippen LogP) is -0.799. The smallest absolute Gasteiger partial charge is 0.215 e. The largest absolute Gasteiger partial charge is 0.355 e. The average Bonchev–Trinajstić information content (AvgIpc) is 2.97. The molecule has 0 saturated carbocycles. The molecular formula is C13H25N7O2S2. The molecule has 1 saturated heterocycles. The van der Waals surface area contributed by atoms with Crippen molar-refractivity contribution in [1.82, 2.24) is 29.3 Å². The van der Waals surface area contributed by atoms with E-state index < -0.39 is 10.0 Å². The fourth-order valence-corrected chi connectivity index (χ4v) is 4.87. The van der Waals surface area contributed by atoms with E-state index in [1.165, 1.54) is 6.33 Å². The van der Waals surface area contributed by atoms with Crippen molar-refractivity contribution < 1.29 is 8.42 Å². The summed E-state index contributed by atoms with van der Waals surface area (Å²) in [5.74, 6) is 3.24. The lowest BCUT2D eigenvalue weighted by Crippen LogP contribution is -2.44. The number of guanidine groups is 1. The van der Waals surface area contributed by atoms with Crippen LogP contribution in [-0.2, 0) is 23.6 Å². The minimum atomic E-state index is -3.21. The van der Waals surface area contributed by atoms with Crippen LogP contribution in [0.1, 0.15) is 5.82 Å². The molecule has 11 heteroatoms. The highest BCUT2D eigenvalue weighted by Crippen LogP contribution is 2.13. The summed E-state index contributed by atoms with van der Waals surface area (Å²) in [6.45, 7) is 2.07. The molecule has 1 N–H and O–H groups in total. The van der Waals surface area contributed by atoms with Gasteiger partial charge in [0.05, 0.1) is 12.3 Å². The monoisotopic (exact) mass is 375 g/mol. The zero-order valence-electron chi connectivity index (χ0n) is 14.3. The van der Waals surface area contributed by atoms with E-state index in [1.54, 1.807) is 27.8 Å². The second-order valence-electron chi connectivity index (χ2n) is 5.46. The van der Waals surface area contributed by atoms with E-state index in [2.05, 4.69) is 20.4 Å². The Bertz CT molecular complexity index is 653. The SMILES string of the molecule is CN=C(NCCS(=O)(=O)N1CCSCC1)N(C)Cc1ncnn1C. The molecule has 24 heavy (non-hydrogen) atoms. The first-order chi connectivity index (χ1) is 11.4. The summed E-state index contributed by atoms with van der Waals surface area (Å²) in [5, 5.41) is 7.14. The fourth-order valence-electron chi connectivity index (χ4n) is 2.38. The summed E-state index contributed by atoms with van der Waals surface area (Å²) in [5.41, 5.74) is 0. The molecule has 0 bridgehead atoms. The lowest BCUT2D eigenvalue weighted by molar-refractivity contribution is 0.439. The van der Waals surface area contributed by atoms with Gasteiger partial charge in [-0.2, -0.15) is 16.9 Å². The van der Waals surface area contributed by atoms with Gasteiger partial charge < -0.3 is 10.2 Å². The third-order valence-corrected chi connectivity index (χ3v) is 6.58. The molecule has 0 amide bonds. The maximum atomic E-state index is 12.3. The van der Waals surface area contributed by atoms with Crippen LogP contribution < -0.4 is 5.32 Å². The Kier molecular flexibility index (Phi) is 6.87. The Morgan fingerprint density at radius 1 is 1.46 bits per heavy atom. The van der Waals surface area contributed by atoms with Crippen molar-refractivity contribution in [2.45, 2.75) is 6.54 Å². The molecule has 0 spiro atoms. The molecular weight excluding hydrogens is 350 g/mol. The number of aromatic nitrogens is 3. The van der Waals surface area contributed by atoms with E-state index in [1.807, 2.05) is 19.0 Å². The van der Waals surface area contributed by atoms with Crippen LogP contribution in [0.2, 0.25) is 0 Å². The minimum Gasteiger partial charge on any atom is -0.355 e. The Morgan fingerprint density at radius 2 is 2.17 bits per heavy atom. The summed E-state index contributed by atoms with van der Waals surface area (Å²) in [6.07, 6.45) is 1.50. The van der Waals surface area contributed by atoms with Crippen LogP contribution >= 0.6 is 11.8 Å². The van der Waals surface area contributed by atoms with Crippen LogP contribution in [0.25, 0.3) is 0 Å². The molecule has 136 valence electrons. The van der Waals surface area contributed by atoms with Gasteiger partial charge in [-0.25, -0.2) is 17.7 Å². The van der Waals surface area contributed by atoms with Gasteiger partial charge in [-0.1, -0.05) is 0 Å². The molecule has 1 aliphatic rings. The van der Waals surface area contributed by atoms with Crippen molar-refractivity contribution in [3.8, 4) is 0 Å². The number of sulfonamides is 1. The predicted molar refractivity (Wildman–Crippen MR) is 96.5 cm³/mol. The highest BCUT2D eigenvalue weighted by Gasteiger charge is 2.23. The van der Waals surface area contributed by atoms with Crippen LogP contribution in [-0.4, -0.2) is 89.3 Å². The number of nitrogens with zero attached hydrogens (tertiary/aromatic N) is 6.